The van der Waals surface area contributed by atoms with Crippen molar-refractivity contribution < 1.29 is 9.18 Å². The van der Waals surface area contributed by atoms with E-state index in [2.05, 4.69) is 15.4 Å². The maximum absolute atomic E-state index is 13.4. The summed E-state index contributed by atoms with van der Waals surface area (Å²) in [4.78, 5) is 30.1. The molecule has 1 amide bonds. The molecule has 0 unspecified atom stereocenters. The Hall–Kier alpha value is -3.29. The van der Waals surface area contributed by atoms with Gasteiger partial charge in [0.05, 0.1) is 11.4 Å². The van der Waals surface area contributed by atoms with Crippen molar-refractivity contribution in [3.63, 3.8) is 0 Å². The van der Waals surface area contributed by atoms with Gasteiger partial charge in [0.2, 0.25) is 11.9 Å². The van der Waals surface area contributed by atoms with E-state index >= 15 is 0 Å². The maximum Gasteiger partial charge on any atom is 0.258 e. The molecule has 7 nitrogen and oxygen atoms in total. The molecule has 2 aromatic heterocycles. The fourth-order valence-corrected chi connectivity index (χ4v) is 3.14. The predicted octanol–water partition coefficient (Wildman–Crippen LogP) is 2.69. The van der Waals surface area contributed by atoms with Gasteiger partial charge in [-0.05, 0) is 51.5 Å². The van der Waals surface area contributed by atoms with Crippen molar-refractivity contribution in [1.82, 2.24) is 19.3 Å². The first-order valence-electron chi connectivity index (χ1n) is 8.99. The molecule has 28 heavy (non-hydrogen) atoms. The first kappa shape index (κ1) is 19.5. The van der Waals surface area contributed by atoms with Crippen LogP contribution in [0.15, 0.2) is 35.1 Å². The van der Waals surface area contributed by atoms with Gasteiger partial charge in [-0.1, -0.05) is 13.0 Å². The van der Waals surface area contributed by atoms with Gasteiger partial charge < -0.3 is 5.32 Å². The molecule has 0 aliphatic carbocycles. The quantitative estimate of drug-likeness (QED) is 0.734. The minimum atomic E-state index is -0.455. The summed E-state index contributed by atoms with van der Waals surface area (Å²) in [6.45, 7) is 7.07. The SMILES string of the molecule is CCc1c(C)nc(-n2nc(C)cc2C)n(CC(=O)Nc2cccc(F)c2)c1=O. The zero-order valence-corrected chi connectivity index (χ0v) is 16.3. The van der Waals surface area contributed by atoms with E-state index < -0.39 is 11.7 Å². The number of aryl methyl sites for hydroxylation is 3. The van der Waals surface area contributed by atoms with Crippen LogP contribution in [0.2, 0.25) is 0 Å². The highest BCUT2D eigenvalue weighted by Gasteiger charge is 2.19. The van der Waals surface area contributed by atoms with Crippen molar-refractivity contribution in [1.29, 1.82) is 0 Å². The molecule has 1 aromatic carbocycles. The van der Waals surface area contributed by atoms with Crippen molar-refractivity contribution in [3.8, 4) is 5.95 Å². The van der Waals surface area contributed by atoms with Crippen molar-refractivity contribution in [3.05, 3.63) is 69.1 Å². The Morgan fingerprint density at radius 1 is 1.21 bits per heavy atom. The third kappa shape index (κ3) is 3.85. The molecule has 0 saturated carbocycles. The number of nitrogens with one attached hydrogen (secondary N) is 1. The number of anilines is 1. The van der Waals surface area contributed by atoms with Crippen molar-refractivity contribution in [2.45, 2.75) is 40.7 Å². The van der Waals surface area contributed by atoms with Crippen LogP contribution in [0.5, 0.6) is 0 Å². The Morgan fingerprint density at radius 3 is 2.57 bits per heavy atom. The molecular weight excluding hydrogens is 361 g/mol. The van der Waals surface area contributed by atoms with Crippen LogP contribution in [0.3, 0.4) is 0 Å². The summed E-state index contributed by atoms with van der Waals surface area (Å²) < 4.78 is 16.2. The fourth-order valence-electron chi connectivity index (χ4n) is 3.14. The minimum Gasteiger partial charge on any atom is -0.324 e. The normalized spacial score (nSPS) is 10.9. The molecule has 0 radical (unpaired) electrons. The lowest BCUT2D eigenvalue weighted by atomic mass is 10.2. The Labute approximate surface area is 161 Å². The second-order valence-electron chi connectivity index (χ2n) is 6.62. The number of benzene rings is 1. The lowest BCUT2D eigenvalue weighted by molar-refractivity contribution is -0.116. The van der Waals surface area contributed by atoms with Gasteiger partial charge in [0.25, 0.3) is 5.56 Å². The fraction of sp³-hybridized carbons (Fsp3) is 0.300. The van der Waals surface area contributed by atoms with E-state index in [0.29, 0.717) is 23.4 Å². The number of rotatable bonds is 5. The second kappa shape index (κ2) is 7.75. The standard InChI is InChI=1S/C20H22FN5O2/c1-5-17-14(4)22-20(26-13(3)9-12(2)24-26)25(19(17)28)11-18(27)23-16-8-6-7-15(21)10-16/h6-10H,5,11H2,1-4H3,(H,23,27). The van der Waals surface area contributed by atoms with Gasteiger partial charge in [-0.3, -0.25) is 14.2 Å². The molecule has 3 rings (SSSR count). The molecule has 0 aliphatic rings. The summed E-state index contributed by atoms with van der Waals surface area (Å²) in [6.07, 6.45) is 0.501. The Kier molecular flexibility index (Phi) is 5.39. The Bertz CT molecular complexity index is 1100. The van der Waals surface area contributed by atoms with Gasteiger partial charge >= 0.3 is 0 Å². The first-order chi connectivity index (χ1) is 13.3. The largest absolute Gasteiger partial charge is 0.324 e. The molecule has 3 aromatic rings. The van der Waals surface area contributed by atoms with E-state index in [4.69, 9.17) is 0 Å². The highest BCUT2D eigenvalue weighted by atomic mass is 19.1. The summed E-state index contributed by atoms with van der Waals surface area (Å²) >= 11 is 0. The smallest absolute Gasteiger partial charge is 0.258 e. The molecule has 0 bridgehead atoms. The summed E-state index contributed by atoms with van der Waals surface area (Å²) in [6, 6.07) is 7.45. The van der Waals surface area contributed by atoms with E-state index in [-0.39, 0.29) is 18.1 Å². The monoisotopic (exact) mass is 383 g/mol. The minimum absolute atomic E-state index is 0.261. The first-order valence-corrected chi connectivity index (χ1v) is 8.99. The van der Waals surface area contributed by atoms with Crippen molar-refractivity contribution in [2.24, 2.45) is 0 Å². The number of carbonyl (C=O) groups is 1. The number of hydrogen-bond acceptors (Lipinski definition) is 4. The van der Waals surface area contributed by atoms with Crippen LogP contribution >= 0.6 is 0 Å². The lowest BCUT2D eigenvalue weighted by Gasteiger charge is -2.16. The van der Waals surface area contributed by atoms with Crippen LogP contribution < -0.4 is 10.9 Å². The van der Waals surface area contributed by atoms with E-state index in [9.17, 15) is 14.0 Å². The van der Waals surface area contributed by atoms with Gasteiger partial charge in [-0.2, -0.15) is 5.10 Å². The highest BCUT2D eigenvalue weighted by molar-refractivity contribution is 5.90. The number of halogens is 1. The molecule has 0 fully saturated rings. The highest BCUT2D eigenvalue weighted by Crippen LogP contribution is 2.13. The molecule has 1 N–H and O–H groups in total. The molecule has 2 heterocycles. The zero-order chi connectivity index (χ0) is 20.4. The second-order valence-corrected chi connectivity index (χ2v) is 6.62. The van der Waals surface area contributed by atoms with Crippen molar-refractivity contribution >= 4 is 11.6 Å². The molecule has 8 heteroatoms. The van der Waals surface area contributed by atoms with Gasteiger partial charge in [0.1, 0.15) is 12.4 Å². The molecule has 0 spiro atoms. The summed E-state index contributed by atoms with van der Waals surface area (Å²) in [5, 5.41) is 7.01. The van der Waals surface area contributed by atoms with Gasteiger partial charge in [0, 0.05) is 16.9 Å². The maximum atomic E-state index is 13.4. The van der Waals surface area contributed by atoms with E-state index in [1.165, 1.54) is 22.8 Å². The van der Waals surface area contributed by atoms with E-state index in [0.717, 1.165) is 11.4 Å². The van der Waals surface area contributed by atoms with Gasteiger partial charge in [0.15, 0.2) is 0 Å². The number of amides is 1. The molecule has 0 aliphatic heterocycles. The Balaban J connectivity index is 2.04. The average Bonchev–Trinajstić information content (AvgIpc) is 2.95. The van der Waals surface area contributed by atoms with Crippen LogP contribution in [0, 0.1) is 26.6 Å². The summed E-state index contributed by atoms with van der Waals surface area (Å²) in [7, 11) is 0. The predicted molar refractivity (Wildman–Crippen MR) is 104 cm³/mol. The van der Waals surface area contributed by atoms with Crippen LogP contribution in [0.25, 0.3) is 5.95 Å². The van der Waals surface area contributed by atoms with Crippen LogP contribution in [0.1, 0.15) is 29.6 Å². The number of carbonyl (C=O) groups excluding carboxylic acids is 1. The Morgan fingerprint density at radius 2 is 1.96 bits per heavy atom. The summed E-state index contributed by atoms with van der Waals surface area (Å²) in [5.74, 6) is -0.633. The molecular formula is C20H22FN5O2. The lowest BCUT2D eigenvalue weighted by Crippen LogP contribution is -2.34. The van der Waals surface area contributed by atoms with E-state index in [1.54, 1.807) is 17.7 Å². The molecule has 146 valence electrons. The van der Waals surface area contributed by atoms with Gasteiger partial charge in [-0.25, -0.2) is 14.1 Å². The number of aromatic nitrogens is 4. The van der Waals surface area contributed by atoms with Gasteiger partial charge in [-0.15, -0.1) is 0 Å². The van der Waals surface area contributed by atoms with Crippen LogP contribution in [-0.4, -0.2) is 25.2 Å². The van der Waals surface area contributed by atoms with Crippen LogP contribution in [0.4, 0.5) is 10.1 Å². The number of hydrogen-bond donors (Lipinski definition) is 1. The van der Waals surface area contributed by atoms with Crippen LogP contribution in [-0.2, 0) is 17.8 Å². The molecule has 0 saturated heterocycles. The topological polar surface area (TPSA) is 81.8 Å². The summed E-state index contributed by atoms with van der Waals surface area (Å²) in [5.41, 5.74) is 2.76. The zero-order valence-electron chi connectivity index (χ0n) is 16.3. The van der Waals surface area contributed by atoms with Crippen molar-refractivity contribution in [2.75, 3.05) is 5.32 Å². The molecule has 0 atom stereocenters. The third-order valence-corrected chi connectivity index (χ3v) is 4.41. The average molecular weight is 383 g/mol. The number of nitrogens with zero attached hydrogens (tertiary/aromatic N) is 4. The van der Waals surface area contributed by atoms with E-state index in [1.807, 2.05) is 26.8 Å². The third-order valence-electron chi connectivity index (χ3n) is 4.41.